The Morgan fingerprint density at radius 2 is 1.74 bits per heavy atom. The van der Waals surface area contributed by atoms with Gasteiger partial charge in [0.15, 0.2) is 12.2 Å². The number of hydrogen-bond donors (Lipinski definition) is 0. The van der Waals surface area contributed by atoms with Gasteiger partial charge in [-0.1, -0.05) is 0 Å². The van der Waals surface area contributed by atoms with E-state index in [-0.39, 0.29) is 12.7 Å². The van der Waals surface area contributed by atoms with E-state index < -0.39 is 30.3 Å². The van der Waals surface area contributed by atoms with Crippen molar-refractivity contribution in [1.82, 2.24) is 0 Å². The summed E-state index contributed by atoms with van der Waals surface area (Å²) in [7, 11) is 3.01. The van der Waals surface area contributed by atoms with Crippen LogP contribution in [-0.2, 0) is 33.3 Å². The molecule has 0 radical (unpaired) electrons. The minimum absolute atomic E-state index is 0.130. The van der Waals surface area contributed by atoms with Crippen molar-refractivity contribution >= 4 is 11.9 Å². The largest absolute Gasteiger partial charge is 0.456 e. The zero-order valence-corrected chi connectivity index (χ0v) is 11.6. The third-order valence-electron chi connectivity index (χ3n) is 2.75. The average Bonchev–Trinajstić information content (AvgIpc) is 2.32. The quantitative estimate of drug-likeness (QED) is 0.649. The van der Waals surface area contributed by atoms with E-state index in [1.807, 2.05) is 0 Å². The van der Waals surface area contributed by atoms with Crippen LogP contribution in [0.1, 0.15) is 13.8 Å². The highest BCUT2D eigenvalue weighted by molar-refractivity contribution is 5.67. The second-order valence-electron chi connectivity index (χ2n) is 4.25. The molecule has 1 rings (SSSR count). The van der Waals surface area contributed by atoms with Crippen LogP contribution in [0, 0.1) is 0 Å². The number of rotatable bonds is 5. The predicted octanol–water partition coefficient (Wildman–Crippen LogP) is -0.0900. The van der Waals surface area contributed by atoms with Gasteiger partial charge in [-0.2, -0.15) is 0 Å². The molecule has 0 aromatic rings. The lowest BCUT2D eigenvalue weighted by atomic mass is 9.99. The zero-order valence-electron chi connectivity index (χ0n) is 11.6. The summed E-state index contributed by atoms with van der Waals surface area (Å²) in [5.41, 5.74) is 0. The van der Waals surface area contributed by atoms with Crippen LogP contribution < -0.4 is 0 Å². The van der Waals surface area contributed by atoms with Crippen LogP contribution in [0.2, 0.25) is 0 Å². The summed E-state index contributed by atoms with van der Waals surface area (Å²) in [6, 6.07) is 0. The van der Waals surface area contributed by atoms with E-state index in [2.05, 4.69) is 0 Å². The van der Waals surface area contributed by atoms with Gasteiger partial charge in [0.2, 0.25) is 0 Å². The summed E-state index contributed by atoms with van der Waals surface area (Å²) < 4.78 is 26.2. The molecule has 0 amide bonds. The summed E-state index contributed by atoms with van der Waals surface area (Å²) in [5, 5.41) is 0. The predicted molar refractivity (Wildman–Crippen MR) is 63.5 cm³/mol. The third-order valence-corrected chi connectivity index (χ3v) is 2.75. The molecule has 0 bridgehead atoms. The molecule has 0 saturated carbocycles. The first-order valence-electron chi connectivity index (χ1n) is 5.97. The van der Waals surface area contributed by atoms with Gasteiger partial charge in [-0.15, -0.1) is 0 Å². The first kappa shape index (κ1) is 15.9. The van der Waals surface area contributed by atoms with Crippen molar-refractivity contribution in [3.63, 3.8) is 0 Å². The summed E-state index contributed by atoms with van der Waals surface area (Å²) in [5.74, 6) is -0.937. The number of ether oxygens (including phenoxy) is 5. The molecule has 0 N–H and O–H groups in total. The zero-order chi connectivity index (χ0) is 14.4. The van der Waals surface area contributed by atoms with E-state index >= 15 is 0 Å². The minimum atomic E-state index is -0.708. The lowest BCUT2D eigenvalue weighted by Crippen LogP contribution is -2.57. The van der Waals surface area contributed by atoms with E-state index in [1.54, 1.807) is 0 Å². The van der Waals surface area contributed by atoms with E-state index in [0.717, 1.165) is 0 Å². The summed E-state index contributed by atoms with van der Waals surface area (Å²) in [4.78, 5) is 22.2. The molecule has 7 heteroatoms. The third kappa shape index (κ3) is 4.45. The highest BCUT2D eigenvalue weighted by Gasteiger charge is 2.44. The topological polar surface area (TPSA) is 80.3 Å². The standard InChI is InChI=1S/C12H20O7/c1-7(13)18-10-6-17-9(5-15-3)11(16-4)12(10)19-8(2)14/h9-12H,5-6H2,1-4H3/t9-,10+,11-,12-/m1/s1. The minimum Gasteiger partial charge on any atom is -0.456 e. The molecular weight excluding hydrogens is 256 g/mol. The van der Waals surface area contributed by atoms with Gasteiger partial charge < -0.3 is 23.7 Å². The van der Waals surface area contributed by atoms with Crippen molar-refractivity contribution in [1.29, 1.82) is 0 Å². The molecule has 1 aliphatic rings. The molecule has 0 unspecified atom stereocenters. The molecule has 1 fully saturated rings. The van der Waals surface area contributed by atoms with Crippen LogP contribution in [0.4, 0.5) is 0 Å². The Morgan fingerprint density at radius 1 is 1.11 bits per heavy atom. The first-order valence-corrected chi connectivity index (χ1v) is 5.97. The van der Waals surface area contributed by atoms with Crippen LogP contribution >= 0.6 is 0 Å². The van der Waals surface area contributed by atoms with E-state index in [0.29, 0.717) is 6.61 Å². The molecule has 7 nitrogen and oxygen atoms in total. The van der Waals surface area contributed by atoms with Crippen LogP contribution in [0.3, 0.4) is 0 Å². The van der Waals surface area contributed by atoms with Crippen molar-refractivity contribution in [2.75, 3.05) is 27.4 Å². The maximum absolute atomic E-state index is 11.2. The summed E-state index contributed by atoms with van der Waals surface area (Å²) in [6.45, 7) is 3.00. The fourth-order valence-corrected chi connectivity index (χ4v) is 2.07. The van der Waals surface area contributed by atoms with E-state index in [4.69, 9.17) is 23.7 Å². The fourth-order valence-electron chi connectivity index (χ4n) is 2.07. The second kappa shape index (κ2) is 7.42. The van der Waals surface area contributed by atoms with Gasteiger partial charge in [-0.3, -0.25) is 9.59 Å². The number of carbonyl (C=O) groups excluding carboxylic acids is 2. The molecular formula is C12H20O7. The summed E-state index contributed by atoms with van der Waals surface area (Å²) >= 11 is 0. The van der Waals surface area contributed by atoms with Gasteiger partial charge in [0.25, 0.3) is 0 Å². The number of esters is 2. The molecule has 0 aliphatic carbocycles. The average molecular weight is 276 g/mol. The lowest BCUT2D eigenvalue weighted by molar-refractivity contribution is -0.227. The monoisotopic (exact) mass is 276 g/mol. The van der Waals surface area contributed by atoms with E-state index in [1.165, 1.54) is 28.1 Å². The molecule has 0 spiro atoms. The molecule has 110 valence electrons. The molecule has 1 heterocycles. The molecule has 4 atom stereocenters. The SMILES string of the molecule is COC[C@H]1OC[C@H](OC(C)=O)[C@@H](OC(C)=O)[C@@H]1OC. The molecule has 19 heavy (non-hydrogen) atoms. The van der Waals surface area contributed by atoms with Crippen molar-refractivity contribution < 1.29 is 33.3 Å². The number of methoxy groups -OCH3 is 2. The van der Waals surface area contributed by atoms with Crippen molar-refractivity contribution in [3.8, 4) is 0 Å². The second-order valence-corrected chi connectivity index (χ2v) is 4.25. The first-order chi connectivity index (χ1) is 8.99. The Hall–Kier alpha value is -1.18. The van der Waals surface area contributed by atoms with Gasteiger partial charge in [-0.05, 0) is 0 Å². The van der Waals surface area contributed by atoms with Gasteiger partial charge in [0.1, 0.15) is 12.2 Å². The maximum Gasteiger partial charge on any atom is 0.303 e. The van der Waals surface area contributed by atoms with Gasteiger partial charge in [0.05, 0.1) is 13.2 Å². The van der Waals surface area contributed by atoms with Crippen molar-refractivity contribution in [2.45, 2.75) is 38.3 Å². The summed E-state index contributed by atoms with van der Waals surface area (Å²) in [6.07, 6.45) is -2.33. The van der Waals surface area contributed by atoms with Crippen LogP contribution in [-0.4, -0.2) is 63.8 Å². The van der Waals surface area contributed by atoms with Crippen LogP contribution in [0.25, 0.3) is 0 Å². The molecule has 1 saturated heterocycles. The Kier molecular flexibility index (Phi) is 6.20. The Balaban J connectivity index is 2.84. The van der Waals surface area contributed by atoms with Crippen molar-refractivity contribution in [2.24, 2.45) is 0 Å². The van der Waals surface area contributed by atoms with Gasteiger partial charge >= 0.3 is 11.9 Å². The Bertz CT molecular complexity index is 317. The Labute approximate surface area is 112 Å². The Morgan fingerprint density at radius 3 is 2.21 bits per heavy atom. The normalized spacial score (nSPS) is 30.7. The maximum atomic E-state index is 11.2. The molecule has 0 aromatic heterocycles. The number of carbonyl (C=O) groups is 2. The lowest BCUT2D eigenvalue weighted by Gasteiger charge is -2.40. The van der Waals surface area contributed by atoms with Crippen LogP contribution in [0.5, 0.6) is 0 Å². The van der Waals surface area contributed by atoms with Gasteiger partial charge in [0, 0.05) is 28.1 Å². The fraction of sp³-hybridized carbons (Fsp3) is 0.833. The van der Waals surface area contributed by atoms with Gasteiger partial charge in [-0.25, -0.2) is 0 Å². The molecule has 1 aliphatic heterocycles. The van der Waals surface area contributed by atoms with E-state index in [9.17, 15) is 9.59 Å². The van der Waals surface area contributed by atoms with Crippen LogP contribution in [0.15, 0.2) is 0 Å². The smallest absolute Gasteiger partial charge is 0.303 e. The van der Waals surface area contributed by atoms with Crippen molar-refractivity contribution in [3.05, 3.63) is 0 Å². The highest BCUT2D eigenvalue weighted by Crippen LogP contribution is 2.23. The highest BCUT2D eigenvalue weighted by atomic mass is 16.6. The number of hydrogen-bond acceptors (Lipinski definition) is 7. The molecule has 0 aromatic carbocycles.